The molecule has 0 radical (unpaired) electrons. The minimum absolute atomic E-state index is 0. The van der Waals surface area contributed by atoms with Crippen LogP contribution in [0.1, 0.15) is 42.4 Å². The average molecular weight is 345 g/mol. The molecule has 0 bridgehead atoms. The van der Waals surface area contributed by atoms with Crippen LogP contribution in [0, 0.1) is 6.92 Å². The first-order valence-corrected chi connectivity index (χ1v) is 8.31. The third-order valence-corrected chi connectivity index (χ3v) is 4.79. The molecule has 2 aromatic carbocycles. The van der Waals surface area contributed by atoms with E-state index in [1.807, 2.05) is 35.2 Å². The quantitative estimate of drug-likeness (QED) is 0.835. The molecule has 1 aliphatic rings. The molecule has 2 aromatic rings. The number of hydrogen-bond acceptors (Lipinski definition) is 2. The van der Waals surface area contributed by atoms with E-state index in [0.717, 1.165) is 36.3 Å². The zero-order chi connectivity index (χ0) is 16.4. The maximum atomic E-state index is 12.9. The van der Waals surface area contributed by atoms with Crippen LogP contribution in [0.2, 0.25) is 0 Å². The number of carbonyl (C=O) groups is 1. The highest BCUT2D eigenvalue weighted by Crippen LogP contribution is 2.33. The Bertz CT molecular complexity index is 729. The highest BCUT2D eigenvalue weighted by atomic mass is 35.5. The predicted octanol–water partition coefficient (Wildman–Crippen LogP) is 4.47. The van der Waals surface area contributed by atoms with Crippen molar-refractivity contribution in [2.24, 2.45) is 0 Å². The van der Waals surface area contributed by atoms with Gasteiger partial charge in [0, 0.05) is 24.3 Å². The van der Waals surface area contributed by atoms with E-state index in [1.54, 1.807) is 0 Å². The number of amides is 1. The van der Waals surface area contributed by atoms with Crippen LogP contribution in [0.15, 0.2) is 42.5 Å². The Morgan fingerprint density at radius 3 is 2.71 bits per heavy atom. The summed E-state index contributed by atoms with van der Waals surface area (Å²) in [5, 5.41) is 0. The average Bonchev–Trinajstić information content (AvgIpc) is 2.55. The van der Waals surface area contributed by atoms with Crippen LogP contribution in [-0.2, 0) is 11.2 Å². The number of halogens is 1. The van der Waals surface area contributed by atoms with Gasteiger partial charge in [-0.05, 0) is 54.5 Å². The molecule has 1 atom stereocenters. The van der Waals surface area contributed by atoms with Gasteiger partial charge in [-0.2, -0.15) is 0 Å². The second kappa shape index (κ2) is 7.71. The molecular formula is C20H25ClN2O. The van der Waals surface area contributed by atoms with Crippen molar-refractivity contribution in [1.82, 2.24) is 0 Å². The lowest BCUT2D eigenvalue weighted by molar-refractivity contribution is -0.119. The second-order valence-electron chi connectivity index (χ2n) is 6.46. The summed E-state index contributed by atoms with van der Waals surface area (Å²) in [7, 11) is 0. The number of fused-ring (bicyclic) bond motifs is 1. The first-order valence-electron chi connectivity index (χ1n) is 8.31. The maximum absolute atomic E-state index is 12.9. The Labute approximate surface area is 150 Å². The molecule has 128 valence electrons. The van der Waals surface area contributed by atoms with Crippen LogP contribution in [0.4, 0.5) is 11.4 Å². The standard InChI is InChI=1S/C20H24N2O.ClH/c1-14-7-3-4-8-16(14)15(2)13-20(23)22-12-6-9-17-18(21)10-5-11-19(17)22;/h3-5,7-8,10-11,15H,6,9,12-13,21H2,1-2H3;1H. The summed E-state index contributed by atoms with van der Waals surface area (Å²) in [4.78, 5) is 14.8. The zero-order valence-corrected chi connectivity index (χ0v) is 15.1. The van der Waals surface area contributed by atoms with E-state index in [0.29, 0.717) is 6.42 Å². The minimum atomic E-state index is 0. The molecule has 1 heterocycles. The monoisotopic (exact) mass is 344 g/mol. The van der Waals surface area contributed by atoms with Gasteiger partial charge in [0.25, 0.3) is 0 Å². The van der Waals surface area contributed by atoms with Crippen LogP contribution >= 0.6 is 12.4 Å². The van der Waals surface area contributed by atoms with Crippen LogP contribution in [0.3, 0.4) is 0 Å². The largest absolute Gasteiger partial charge is 0.398 e. The van der Waals surface area contributed by atoms with E-state index in [1.165, 1.54) is 11.1 Å². The summed E-state index contributed by atoms with van der Waals surface area (Å²) in [5.74, 6) is 0.405. The summed E-state index contributed by atoms with van der Waals surface area (Å²) in [6.07, 6.45) is 2.46. The smallest absolute Gasteiger partial charge is 0.227 e. The van der Waals surface area contributed by atoms with Crippen molar-refractivity contribution < 1.29 is 4.79 Å². The molecule has 0 saturated carbocycles. The Morgan fingerprint density at radius 2 is 1.96 bits per heavy atom. The lowest BCUT2D eigenvalue weighted by Crippen LogP contribution is -2.36. The summed E-state index contributed by atoms with van der Waals surface area (Å²) < 4.78 is 0. The van der Waals surface area contributed by atoms with E-state index in [9.17, 15) is 4.79 Å². The first kappa shape index (κ1) is 18.3. The summed E-state index contributed by atoms with van der Waals surface area (Å²) in [6, 6.07) is 14.2. The predicted molar refractivity (Wildman–Crippen MR) is 103 cm³/mol. The van der Waals surface area contributed by atoms with Crippen LogP contribution < -0.4 is 10.6 Å². The van der Waals surface area contributed by atoms with Crippen molar-refractivity contribution in [1.29, 1.82) is 0 Å². The van der Waals surface area contributed by atoms with Gasteiger partial charge < -0.3 is 10.6 Å². The fraction of sp³-hybridized carbons (Fsp3) is 0.350. The molecule has 0 spiro atoms. The van der Waals surface area contributed by atoms with Gasteiger partial charge in [-0.3, -0.25) is 4.79 Å². The summed E-state index contributed by atoms with van der Waals surface area (Å²) >= 11 is 0. The van der Waals surface area contributed by atoms with E-state index in [4.69, 9.17) is 5.73 Å². The maximum Gasteiger partial charge on any atom is 0.227 e. The highest BCUT2D eigenvalue weighted by molar-refractivity contribution is 5.95. The Kier molecular flexibility index (Phi) is 5.89. The molecule has 24 heavy (non-hydrogen) atoms. The van der Waals surface area contributed by atoms with Crippen molar-refractivity contribution in [3.05, 3.63) is 59.2 Å². The van der Waals surface area contributed by atoms with Crippen LogP contribution in [0.25, 0.3) is 0 Å². The summed E-state index contributed by atoms with van der Waals surface area (Å²) in [6.45, 7) is 5.02. The Morgan fingerprint density at radius 1 is 1.21 bits per heavy atom. The van der Waals surface area contributed by atoms with Gasteiger partial charge in [0.05, 0.1) is 0 Å². The molecule has 1 amide bonds. The molecule has 0 fully saturated rings. The minimum Gasteiger partial charge on any atom is -0.398 e. The molecule has 2 N–H and O–H groups in total. The molecule has 1 aliphatic heterocycles. The highest BCUT2D eigenvalue weighted by Gasteiger charge is 2.25. The molecule has 0 saturated heterocycles. The van der Waals surface area contributed by atoms with Gasteiger partial charge >= 0.3 is 0 Å². The number of aryl methyl sites for hydroxylation is 1. The van der Waals surface area contributed by atoms with Gasteiger partial charge in [0.15, 0.2) is 0 Å². The zero-order valence-electron chi connectivity index (χ0n) is 14.3. The lowest BCUT2D eigenvalue weighted by Gasteiger charge is -2.31. The van der Waals surface area contributed by atoms with Crippen molar-refractivity contribution >= 4 is 29.7 Å². The number of hydrogen-bond donors (Lipinski definition) is 1. The topological polar surface area (TPSA) is 46.3 Å². The third-order valence-electron chi connectivity index (χ3n) is 4.79. The summed E-state index contributed by atoms with van der Waals surface area (Å²) in [5.41, 5.74) is 11.5. The molecule has 0 aliphatic carbocycles. The molecule has 1 unspecified atom stereocenters. The molecule has 3 nitrogen and oxygen atoms in total. The lowest BCUT2D eigenvalue weighted by atomic mass is 9.92. The third kappa shape index (κ3) is 3.57. The van der Waals surface area contributed by atoms with Crippen molar-refractivity contribution in [3.63, 3.8) is 0 Å². The molecule has 0 aromatic heterocycles. The van der Waals surface area contributed by atoms with Crippen molar-refractivity contribution in [2.45, 2.75) is 39.0 Å². The van der Waals surface area contributed by atoms with Crippen LogP contribution in [-0.4, -0.2) is 12.5 Å². The Balaban J connectivity index is 0.00000208. The Hall–Kier alpha value is -2.00. The number of nitrogen functional groups attached to an aromatic ring is 1. The first-order chi connectivity index (χ1) is 11.1. The van der Waals surface area contributed by atoms with E-state index in [2.05, 4.69) is 26.0 Å². The van der Waals surface area contributed by atoms with Gasteiger partial charge in [0.1, 0.15) is 0 Å². The molecular weight excluding hydrogens is 320 g/mol. The van der Waals surface area contributed by atoms with Gasteiger partial charge in [-0.1, -0.05) is 37.3 Å². The number of nitrogens with two attached hydrogens (primary N) is 1. The SMILES string of the molecule is Cc1ccccc1C(C)CC(=O)N1CCCc2c(N)cccc21.Cl. The number of anilines is 2. The fourth-order valence-electron chi connectivity index (χ4n) is 3.53. The normalized spacial score (nSPS) is 14.5. The van der Waals surface area contributed by atoms with E-state index >= 15 is 0 Å². The number of nitrogens with zero attached hydrogens (tertiary/aromatic N) is 1. The van der Waals surface area contributed by atoms with Crippen molar-refractivity contribution in [3.8, 4) is 0 Å². The number of benzene rings is 2. The van der Waals surface area contributed by atoms with Crippen LogP contribution in [0.5, 0.6) is 0 Å². The van der Waals surface area contributed by atoms with Gasteiger partial charge in [-0.25, -0.2) is 0 Å². The number of carbonyl (C=O) groups excluding carboxylic acids is 1. The molecule has 3 rings (SSSR count). The fourth-order valence-corrected chi connectivity index (χ4v) is 3.53. The van der Waals surface area contributed by atoms with Gasteiger partial charge in [0.2, 0.25) is 5.91 Å². The number of rotatable bonds is 3. The van der Waals surface area contributed by atoms with E-state index < -0.39 is 0 Å². The van der Waals surface area contributed by atoms with Crippen molar-refractivity contribution in [2.75, 3.05) is 17.2 Å². The van der Waals surface area contributed by atoms with E-state index in [-0.39, 0.29) is 24.2 Å². The second-order valence-corrected chi connectivity index (χ2v) is 6.46. The van der Waals surface area contributed by atoms with Gasteiger partial charge in [-0.15, -0.1) is 12.4 Å². The molecule has 4 heteroatoms.